The van der Waals surface area contributed by atoms with Gasteiger partial charge in [-0.1, -0.05) is 18.6 Å². The third-order valence-electron chi connectivity index (χ3n) is 4.25. The van der Waals surface area contributed by atoms with Gasteiger partial charge in [0.25, 0.3) is 0 Å². The van der Waals surface area contributed by atoms with E-state index in [4.69, 9.17) is 0 Å². The fraction of sp³-hybridized carbons (Fsp3) is 0.625. The molecule has 1 N–H and O–H groups in total. The minimum atomic E-state index is -0.106. The van der Waals surface area contributed by atoms with Crippen molar-refractivity contribution in [2.24, 2.45) is 5.92 Å². The van der Waals surface area contributed by atoms with E-state index in [2.05, 4.69) is 17.3 Å². The van der Waals surface area contributed by atoms with Crippen LogP contribution in [0, 0.1) is 18.7 Å². The van der Waals surface area contributed by atoms with Crippen LogP contribution in [0.4, 0.5) is 4.39 Å². The second-order valence-corrected chi connectivity index (χ2v) is 5.75. The molecule has 2 atom stereocenters. The average Bonchev–Trinajstić information content (AvgIpc) is 2.56. The third-order valence-corrected chi connectivity index (χ3v) is 4.25. The molecule has 2 unspecified atom stereocenters. The number of rotatable bonds is 3. The van der Waals surface area contributed by atoms with Gasteiger partial charge in [0, 0.05) is 6.04 Å². The molecule has 1 saturated heterocycles. The van der Waals surface area contributed by atoms with E-state index < -0.39 is 0 Å². The summed E-state index contributed by atoms with van der Waals surface area (Å²) < 4.78 is 13.5. The van der Waals surface area contributed by atoms with Gasteiger partial charge < -0.3 is 5.32 Å². The summed E-state index contributed by atoms with van der Waals surface area (Å²) in [6.45, 7) is 4.00. The molecule has 0 radical (unpaired) electrons. The molecule has 106 valence electrons. The smallest absolute Gasteiger partial charge is 0.126 e. The number of likely N-dealkylation sites (tertiary alicyclic amines) is 1. The molecule has 1 aliphatic heterocycles. The zero-order chi connectivity index (χ0) is 13.8. The molecule has 19 heavy (non-hydrogen) atoms. The van der Waals surface area contributed by atoms with Gasteiger partial charge >= 0.3 is 0 Å². The molecule has 0 aliphatic carbocycles. The van der Waals surface area contributed by atoms with Gasteiger partial charge in [-0.25, -0.2) is 4.39 Å². The van der Waals surface area contributed by atoms with Crippen LogP contribution in [0.25, 0.3) is 0 Å². The van der Waals surface area contributed by atoms with Crippen LogP contribution in [0.3, 0.4) is 0 Å². The van der Waals surface area contributed by atoms with Crippen molar-refractivity contribution in [1.82, 2.24) is 10.2 Å². The number of halogens is 1. The molecule has 3 heteroatoms. The molecule has 1 fully saturated rings. The number of nitrogens with zero attached hydrogens (tertiary/aromatic N) is 1. The predicted octanol–water partition coefficient (Wildman–Crippen LogP) is 3.13. The van der Waals surface area contributed by atoms with Gasteiger partial charge in [0.2, 0.25) is 0 Å². The van der Waals surface area contributed by atoms with Crippen LogP contribution in [0.1, 0.15) is 36.4 Å². The Morgan fingerprint density at radius 2 is 2.16 bits per heavy atom. The Balaban J connectivity index is 2.31. The fourth-order valence-corrected chi connectivity index (χ4v) is 3.28. The van der Waals surface area contributed by atoms with E-state index in [0.29, 0.717) is 12.0 Å². The molecule has 0 bridgehead atoms. The Labute approximate surface area is 116 Å². The molecular formula is C16H25FN2. The monoisotopic (exact) mass is 264 g/mol. The zero-order valence-corrected chi connectivity index (χ0v) is 12.2. The van der Waals surface area contributed by atoms with E-state index in [0.717, 1.165) is 18.7 Å². The van der Waals surface area contributed by atoms with Crippen LogP contribution in [0.2, 0.25) is 0 Å². The first kappa shape index (κ1) is 14.5. The third kappa shape index (κ3) is 3.34. The van der Waals surface area contributed by atoms with E-state index in [1.54, 1.807) is 6.07 Å². The largest absolute Gasteiger partial charge is 0.319 e. The Kier molecular flexibility index (Phi) is 4.94. The Bertz CT molecular complexity index is 419. The first-order valence-corrected chi connectivity index (χ1v) is 7.24. The van der Waals surface area contributed by atoms with Crippen molar-refractivity contribution in [3.8, 4) is 0 Å². The second-order valence-electron chi connectivity index (χ2n) is 5.75. The van der Waals surface area contributed by atoms with Crippen molar-refractivity contribution in [3.05, 3.63) is 35.1 Å². The lowest BCUT2D eigenvalue weighted by Gasteiger charge is -2.33. The van der Waals surface area contributed by atoms with E-state index in [1.165, 1.54) is 24.8 Å². The maximum Gasteiger partial charge on any atom is 0.126 e. The minimum absolute atomic E-state index is 0.106. The highest BCUT2D eigenvalue weighted by atomic mass is 19.1. The van der Waals surface area contributed by atoms with Gasteiger partial charge in [0.05, 0.1) is 0 Å². The molecule has 1 heterocycles. The highest BCUT2D eigenvalue weighted by Gasteiger charge is 2.28. The topological polar surface area (TPSA) is 15.3 Å². The van der Waals surface area contributed by atoms with Crippen molar-refractivity contribution in [1.29, 1.82) is 0 Å². The minimum Gasteiger partial charge on any atom is -0.319 e. The quantitative estimate of drug-likeness (QED) is 0.902. The molecule has 1 aromatic carbocycles. The number of hydrogen-bond acceptors (Lipinski definition) is 2. The van der Waals surface area contributed by atoms with Crippen LogP contribution in [0.15, 0.2) is 18.2 Å². The van der Waals surface area contributed by atoms with E-state index in [9.17, 15) is 4.39 Å². The molecule has 1 aliphatic rings. The first-order valence-electron chi connectivity index (χ1n) is 7.24. The molecule has 0 saturated carbocycles. The Morgan fingerprint density at radius 3 is 2.84 bits per heavy atom. The van der Waals surface area contributed by atoms with Gasteiger partial charge in [-0.15, -0.1) is 0 Å². The number of hydrogen-bond donors (Lipinski definition) is 1. The van der Waals surface area contributed by atoms with Crippen LogP contribution in [-0.4, -0.2) is 32.1 Å². The lowest BCUT2D eigenvalue weighted by molar-refractivity contribution is 0.191. The summed E-state index contributed by atoms with van der Waals surface area (Å²) in [5.41, 5.74) is 2.00. The fourth-order valence-electron chi connectivity index (χ4n) is 3.28. The van der Waals surface area contributed by atoms with Gasteiger partial charge in [-0.2, -0.15) is 0 Å². The van der Waals surface area contributed by atoms with Crippen LogP contribution in [0.5, 0.6) is 0 Å². The molecular weight excluding hydrogens is 239 g/mol. The maximum atomic E-state index is 13.5. The Hall–Kier alpha value is -0.930. The average molecular weight is 264 g/mol. The highest BCUT2D eigenvalue weighted by molar-refractivity contribution is 5.27. The second kappa shape index (κ2) is 6.49. The van der Waals surface area contributed by atoms with Crippen LogP contribution in [-0.2, 0) is 0 Å². The number of benzene rings is 1. The Morgan fingerprint density at radius 1 is 1.37 bits per heavy atom. The number of nitrogens with one attached hydrogen (secondary N) is 1. The maximum absolute atomic E-state index is 13.5. The standard InChI is InChI=1S/C16H25FN2/c1-12-10-13(7-8-15(12)17)16-14(11-18-2)6-4-5-9-19(16)3/h7-8,10,14,16,18H,4-6,9,11H2,1-3H3. The molecule has 0 amide bonds. The first-order chi connectivity index (χ1) is 9.13. The van der Waals surface area contributed by atoms with Gasteiger partial charge in [-0.05, 0) is 70.1 Å². The SMILES string of the molecule is CNCC1CCCCN(C)C1c1ccc(F)c(C)c1. The van der Waals surface area contributed by atoms with Crippen LogP contribution < -0.4 is 5.32 Å². The molecule has 0 spiro atoms. The molecule has 2 nitrogen and oxygen atoms in total. The lowest BCUT2D eigenvalue weighted by atomic mass is 9.88. The lowest BCUT2D eigenvalue weighted by Crippen LogP contribution is -2.34. The molecule has 0 aromatic heterocycles. The summed E-state index contributed by atoms with van der Waals surface area (Å²) in [5, 5.41) is 3.31. The van der Waals surface area contributed by atoms with E-state index in [1.807, 2.05) is 26.1 Å². The van der Waals surface area contributed by atoms with Crippen molar-refractivity contribution in [3.63, 3.8) is 0 Å². The highest BCUT2D eigenvalue weighted by Crippen LogP contribution is 2.34. The summed E-state index contributed by atoms with van der Waals surface area (Å²) in [6, 6.07) is 5.98. The summed E-state index contributed by atoms with van der Waals surface area (Å²) in [4.78, 5) is 2.43. The van der Waals surface area contributed by atoms with Gasteiger partial charge in [0.15, 0.2) is 0 Å². The normalized spacial score (nSPS) is 25.3. The van der Waals surface area contributed by atoms with Crippen molar-refractivity contribution >= 4 is 0 Å². The predicted molar refractivity (Wildman–Crippen MR) is 77.8 cm³/mol. The van der Waals surface area contributed by atoms with E-state index >= 15 is 0 Å². The van der Waals surface area contributed by atoms with Crippen molar-refractivity contribution in [2.45, 2.75) is 32.2 Å². The van der Waals surface area contributed by atoms with Gasteiger partial charge in [0.1, 0.15) is 5.82 Å². The van der Waals surface area contributed by atoms with Crippen LogP contribution >= 0.6 is 0 Å². The molecule has 1 aromatic rings. The zero-order valence-electron chi connectivity index (χ0n) is 12.2. The summed E-state index contributed by atoms with van der Waals surface area (Å²) >= 11 is 0. The van der Waals surface area contributed by atoms with Gasteiger partial charge in [-0.3, -0.25) is 4.90 Å². The number of aryl methyl sites for hydroxylation is 1. The summed E-state index contributed by atoms with van der Waals surface area (Å²) in [5.74, 6) is 0.493. The summed E-state index contributed by atoms with van der Waals surface area (Å²) in [7, 11) is 4.20. The van der Waals surface area contributed by atoms with E-state index in [-0.39, 0.29) is 5.82 Å². The summed E-state index contributed by atoms with van der Waals surface area (Å²) in [6.07, 6.45) is 3.78. The molecule has 2 rings (SSSR count). The van der Waals surface area contributed by atoms with Crippen molar-refractivity contribution < 1.29 is 4.39 Å². The van der Waals surface area contributed by atoms with Crippen molar-refractivity contribution in [2.75, 3.05) is 27.2 Å².